The second-order valence-corrected chi connectivity index (χ2v) is 6.61. The summed E-state index contributed by atoms with van der Waals surface area (Å²) in [5, 5.41) is 2.91. The first-order valence-electron chi connectivity index (χ1n) is 8.75. The number of ether oxygens (including phenoxy) is 1. The molecule has 1 N–H and O–H groups in total. The van der Waals surface area contributed by atoms with Gasteiger partial charge < -0.3 is 10.1 Å². The molecule has 0 aliphatic carbocycles. The molecule has 3 rings (SSSR count). The summed E-state index contributed by atoms with van der Waals surface area (Å²) in [7, 11) is 0. The van der Waals surface area contributed by atoms with Gasteiger partial charge in [-0.05, 0) is 37.0 Å². The number of hydrogen-bond donors (Lipinski definition) is 1. The van der Waals surface area contributed by atoms with Gasteiger partial charge in [-0.2, -0.15) is 0 Å². The lowest BCUT2D eigenvalue weighted by Gasteiger charge is -2.33. The maximum atomic E-state index is 12.7. The standard InChI is InChI=1S/C20H23N3O3/c1-20(18(24)22-14-17-9-5-11-21-13-17)10-6-12-23(20)19(25)26-15-16-7-3-2-4-8-16/h2-5,7-9,11,13H,6,10,12,14-15H2,1H3,(H,22,24). The largest absolute Gasteiger partial charge is 0.445 e. The quantitative estimate of drug-likeness (QED) is 0.897. The zero-order chi connectivity index (χ0) is 18.4. The molecule has 2 amide bonds. The van der Waals surface area contributed by atoms with Gasteiger partial charge >= 0.3 is 6.09 Å². The highest BCUT2D eigenvalue weighted by molar-refractivity contribution is 5.90. The Balaban J connectivity index is 1.59. The van der Waals surface area contributed by atoms with E-state index in [9.17, 15) is 9.59 Å². The van der Waals surface area contributed by atoms with Crippen LogP contribution in [0.2, 0.25) is 0 Å². The van der Waals surface area contributed by atoms with Crippen LogP contribution in [0.3, 0.4) is 0 Å². The van der Waals surface area contributed by atoms with Gasteiger partial charge in [-0.1, -0.05) is 36.4 Å². The lowest BCUT2D eigenvalue weighted by molar-refractivity contribution is -0.130. The van der Waals surface area contributed by atoms with E-state index in [1.165, 1.54) is 4.90 Å². The van der Waals surface area contributed by atoms with Crippen LogP contribution in [0.1, 0.15) is 30.9 Å². The lowest BCUT2D eigenvalue weighted by atomic mass is 9.98. The van der Waals surface area contributed by atoms with Crippen LogP contribution in [0.5, 0.6) is 0 Å². The van der Waals surface area contributed by atoms with Gasteiger partial charge in [0.05, 0.1) is 0 Å². The van der Waals surface area contributed by atoms with Gasteiger partial charge in [0.15, 0.2) is 0 Å². The van der Waals surface area contributed by atoms with Crippen molar-refractivity contribution >= 4 is 12.0 Å². The fourth-order valence-corrected chi connectivity index (χ4v) is 3.16. The van der Waals surface area contributed by atoms with Crippen LogP contribution in [0, 0.1) is 0 Å². The predicted octanol–water partition coefficient (Wildman–Crippen LogP) is 2.89. The third-order valence-electron chi connectivity index (χ3n) is 4.73. The normalized spacial score (nSPS) is 19.2. The molecule has 1 aromatic heterocycles. The molecule has 1 fully saturated rings. The van der Waals surface area contributed by atoms with Crippen molar-refractivity contribution in [3.8, 4) is 0 Å². The Bertz CT molecular complexity index is 751. The first-order valence-corrected chi connectivity index (χ1v) is 8.75. The minimum absolute atomic E-state index is 0.171. The van der Waals surface area contributed by atoms with Gasteiger partial charge in [0, 0.05) is 25.5 Å². The van der Waals surface area contributed by atoms with Crippen LogP contribution < -0.4 is 5.32 Å². The number of benzene rings is 1. The highest BCUT2D eigenvalue weighted by atomic mass is 16.6. The Kier molecular flexibility index (Phi) is 5.51. The Morgan fingerprint density at radius 1 is 1.19 bits per heavy atom. The summed E-state index contributed by atoms with van der Waals surface area (Å²) in [5.74, 6) is -0.171. The summed E-state index contributed by atoms with van der Waals surface area (Å²) >= 11 is 0. The van der Waals surface area contributed by atoms with Crippen molar-refractivity contribution in [3.05, 3.63) is 66.0 Å². The number of hydrogen-bond acceptors (Lipinski definition) is 4. The first kappa shape index (κ1) is 17.9. The number of amides is 2. The molecule has 0 saturated carbocycles. The zero-order valence-corrected chi connectivity index (χ0v) is 14.9. The molecule has 0 bridgehead atoms. The van der Waals surface area contributed by atoms with Gasteiger partial charge in [-0.25, -0.2) is 4.79 Å². The summed E-state index contributed by atoms with van der Waals surface area (Å²) in [5.41, 5.74) is 0.944. The Morgan fingerprint density at radius 2 is 1.96 bits per heavy atom. The molecule has 2 aromatic rings. The fraction of sp³-hybridized carbons (Fsp3) is 0.350. The monoisotopic (exact) mass is 353 g/mol. The number of aromatic nitrogens is 1. The van der Waals surface area contributed by atoms with Crippen molar-refractivity contribution in [2.75, 3.05) is 6.54 Å². The predicted molar refractivity (Wildman–Crippen MR) is 97.1 cm³/mol. The number of likely N-dealkylation sites (tertiary alicyclic amines) is 1. The highest BCUT2D eigenvalue weighted by Gasteiger charge is 2.46. The van der Waals surface area contributed by atoms with E-state index >= 15 is 0 Å². The fourth-order valence-electron chi connectivity index (χ4n) is 3.16. The van der Waals surface area contributed by atoms with Crippen molar-refractivity contribution in [2.45, 2.75) is 38.5 Å². The number of rotatable bonds is 5. The molecule has 1 unspecified atom stereocenters. The zero-order valence-electron chi connectivity index (χ0n) is 14.9. The Morgan fingerprint density at radius 3 is 2.69 bits per heavy atom. The van der Waals surface area contributed by atoms with E-state index in [0.29, 0.717) is 19.5 Å². The van der Waals surface area contributed by atoms with Crippen molar-refractivity contribution in [1.29, 1.82) is 0 Å². The third-order valence-corrected chi connectivity index (χ3v) is 4.73. The maximum Gasteiger partial charge on any atom is 0.410 e. The van der Waals surface area contributed by atoms with Crippen LogP contribution >= 0.6 is 0 Å². The average molecular weight is 353 g/mol. The molecule has 1 saturated heterocycles. The van der Waals surface area contributed by atoms with Crippen molar-refractivity contribution in [3.63, 3.8) is 0 Å². The van der Waals surface area contributed by atoms with Gasteiger partial charge in [-0.15, -0.1) is 0 Å². The van der Waals surface area contributed by atoms with Crippen LogP contribution in [0.15, 0.2) is 54.9 Å². The average Bonchev–Trinajstić information content (AvgIpc) is 3.09. The summed E-state index contributed by atoms with van der Waals surface area (Å²) < 4.78 is 5.42. The molecule has 1 atom stereocenters. The minimum Gasteiger partial charge on any atom is -0.445 e. The summed E-state index contributed by atoms with van der Waals surface area (Å²) in [4.78, 5) is 30.8. The van der Waals surface area contributed by atoms with Gasteiger partial charge in [0.2, 0.25) is 5.91 Å². The molecular weight excluding hydrogens is 330 g/mol. The molecule has 6 nitrogen and oxygen atoms in total. The molecule has 1 aliphatic rings. The summed E-state index contributed by atoms with van der Waals surface area (Å²) in [6.07, 6.45) is 4.34. The molecule has 136 valence electrons. The molecule has 1 aromatic carbocycles. The van der Waals surface area contributed by atoms with Crippen LogP contribution in [0.25, 0.3) is 0 Å². The second-order valence-electron chi connectivity index (χ2n) is 6.61. The molecule has 1 aliphatic heterocycles. The highest BCUT2D eigenvalue weighted by Crippen LogP contribution is 2.30. The van der Waals surface area contributed by atoms with E-state index < -0.39 is 11.6 Å². The van der Waals surface area contributed by atoms with Crippen molar-refractivity contribution < 1.29 is 14.3 Å². The number of pyridine rings is 1. The Hall–Kier alpha value is -2.89. The smallest absolute Gasteiger partial charge is 0.410 e. The molecular formula is C20H23N3O3. The third kappa shape index (κ3) is 4.02. The SMILES string of the molecule is CC1(C(=O)NCc2cccnc2)CCCN1C(=O)OCc1ccccc1. The topological polar surface area (TPSA) is 71.5 Å². The van der Waals surface area contributed by atoms with Crippen molar-refractivity contribution in [2.24, 2.45) is 0 Å². The summed E-state index contributed by atoms with van der Waals surface area (Å²) in [6.45, 7) is 2.89. The van der Waals surface area contributed by atoms with Crippen LogP contribution in [0.4, 0.5) is 4.79 Å². The number of nitrogens with one attached hydrogen (secondary N) is 1. The minimum atomic E-state index is -0.893. The van der Waals surface area contributed by atoms with E-state index in [1.54, 1.807) is 19.3 Å². The Labute approximate surface area is 153 Å². The second kappa shape index (κ2) is 7.99. The van der Waals surface area contributed by atoms with E-state index in [2.05, 4.69) is 10.3 Å². The molecule has 0 radical (unpaired) electrons. The number of carbonyl (C=O) groups excluding carboxylic acids is 2. The maximum absolute atomic E-state index is 12.7. The van der Waals surface area contributed by atoms with E-state index in [1.807, 2.05) is 42.5 Å². The van der Waals surface area contributed by atoms with Crippen LogP contribution in [-0.2, 0) is 22.7 Å². The number of carbonyl (C=O) groups is 2. The summed E-state index contributed by atoms with van der Waals surface area (Å²) in [6, 6.07) is 13.2. The number of nitrogens with zero attached hydrogens (tertiary/aromatic N) is 2. The van der Waals surface area contributed by atoms with E-state index in [0.717, 1.165) is 17.5 Å². The first-order chi connectivity index (χ1) is 12.6. The molecule has 6 heteroatoms. The molecule has 26 heavy (non-hydrogen) atoms. The van der Waals surface area contributed by atoms with Gasteiger partial charge in [-0.3, -0.25) is 14.7 Å². The van der Waals surface area contributed by atoms with E-state index in [-0.39, 0.29) is 12.5 Å². The van der Waals surface area contributed by atoms with Gasteiger partial charge in [0.1, 0.15) is 12.1 Å². The molecule has 0 spiro atoms. The lowest BCUT2D eigenvalue weighted by Crippen LogP contribution is -2.55. The molecule has 2 heterocycles. The van der Waals surface area contributed by atoms with Crippen LogP contribution in [-0.4, -0.2) is 34.0 Å². The van der Waals surface area contributed by atoms with E-state index in [4.69, 9.17) is 4.74 Å². The van der Waals surface area contributed by atoms with Crippen molar-refractivity contribution in [1.82, 2.24) is 15.2 Å². The van der Waals surface area contributed by atoms with Gasteiger partial charge in [0.25, 0.3) is 0 Å².